The van der Waals surface area contributed by atoms with Gasteiger partial charge in [-0.25, -0.2) is 4.68 Å². The molecule has 1 aromatic carbocycles. The van der Waals surface area contributed by atoms with Crippen LogP contribution in [0.5, 0.6) is 11.5 Å². The maximum absolute atomic E-state index is 13.7. The zero-order valence-corrected chi connectivity index (χ0v) is 22.0. The molecule has 2 aromatic heterocycles. The van der Waals surface area contributed by atoms with E-state index in [1.54, 1.807) is 0 Å². The summed E-state index contributed by atoms with van der Waals surface area (Å²) in [6.45, 7) is 3.99. The van der Waals surface area contributed by atoms with E-state index in [9.17, 15) is 4.79 Å². The Balaban J connectivity index is 1.26. The van der Waals surface area contributed by atoms with Crippen LogP contribution in [0, 0.1) is 0 Å². The van der Waals surface area contributed by atoms with E-state index < -0.39 is 0 Å². The lowest BCUT2D eigenvalue weighted by Crippen LogP contribution is -2.52. The highest BCUT2D eigenvalue weighted by Gasteiger charge is 2.36. The number of rotatable bonds is 5. The lowest BCUT2D eigenvalue weighted by Gasteiger charge is -2.43. The second kappa shape index (κ2) is 10.3. The Morgan fingerprint density at radius 1 is 0.842 bits per heavy atom. The van der Waals surface area contributed by atoms with Crippen LogP contribution >= 0.6 is 0 Å². The molecule has 2 aliphatic heterocycles. The van der Waals surface area contributed by atoms with Crippen LogP contribution in [0.15, 0.2) is 23.0 Å². The topological polar surface area (TPSA) is 101 Å². The number of ether oxygens (including phenoxy) is 2. The van der Waals surface area contributed by atoms with Gasteiger partial charge in [0.15, 0.2) is 17.3 Å². The summed E-state index contributed by atoms with van der Waals surface area (Å²) in [6.07, 6.45) is 12.5. The van der Waals surface area contributed by atoms with Gasteiger partial charge in [-0.3, -0.25) is 14.6 Å². The molecule has 3 aromatic rings. The summed E-state index contributed by atoms with van der Waals surface area (Å²) in [7, 11) is 0. The fourth-order valence-electron chi connectivity index (χ4n) is 7.09. The molecule has 1 atom stereocenters. The smallest absolute Gasteiger partial charge is 0.253 e. The van der Waals surface area contributed by atoms with Crippen molar-refractivity contribution < 1.29 is 9.47 Å². The van der Waals surface area contributed by atoms with Crippen LogP contribution in [0.1, 0.15) is 87.7 Å². The van der Waals surface area contributed by atoms with Crippen molar-refractivity contribution in [2.45, 2.75) is 82.3 Å². The predicted molar refractivity (Wildman–Crippen MR) is 142 cm³/mol. The summed E-state index contributed by atoms with van der Waals surface area (Å²) in [4.78, 5) is 21.9. The van der Waals surface area contributed by atoms with Crippen molar-refractivity contribution in [3.05, 3.63) is 39.9 Å². The lowest BCUT2D eigenvalue weighted by molar-refractivity contribution is 0.0610. The molecule has 0 amide bonds. The number of aromatic nitrogens is 5. The molecule has 7 rings (SSSR count). The zero-order chi connectivity index (χ0) is 25.5. The van der Waals surface area contributed by atoms with Gasteiger partial charge in [-0.15, -0.1) is 5.10 Å². The second-order valence-electron chi connectivity index (χ2n) is 11.4. The molecule has 202 valence electrons. The van der Waals surface area contributed by atoms with Crippen molar-refractivity contribution in [1.29, 1.82) is 0 Å². The number of benzene rings is 1. The average molecular weight is 520 g/mol. The molecule has 2 saturated carbocycles. The van der Waals surface area contributed by atoms with Crippen molar-refractivity contribution in [1.82, 2.24) is 35.0 Å². The Kier molecular flexibility index (Phi) is 6.53. The molecule has 0 radical (unpaired) electrons. The van der Waals surface area contributed by atoms with E-state index in [1.165, 1.54) is 51.4 Å². The third kappa shape index (κ3) is 4.47. The quantitative estimate of drug-likeness (QED) is 0.543. The summed E-state index contributed by atoms with van der Waals surface area (Å²) in [5.41, 5.74) is 1.33. The van der Waals surface area contributed by atoms with Gasteiger partial charge >= 0.3 is 0 Å². The van der Waals surface area contributed by atoms with Crippen molar-refractivity contribution in [2.75, 3.05) is 33.0 Å². The van der Waals surface area contributed by atoms with Gasteiger partial charge in [0, 0.05) is 49.2 Å². The minimum atomic E-state index is -0.306. The molecule has 2 aliphatic carbocycles. The molecule has 4 aliphatic rings. The molecule has 10 heteroatoms. The first-order valence-electron chi connectivity index (χ1n) is 14.5. The standard InChI is InChI=1S/C28H37N7O3/c36-28-22(15-19-16-24-25(38-18-37-24)17-23(19)29-28)26(27-30-31-32-35(27)21-9-5-2-6-10-21)34-13-11-33(12-14-34)20-7-3-1-4-8-20/h15-17,20-21,26H,1-14,18H2,(H,29,36)/t26-/m0/s1. The second-order valence-corrected chi connectivity index (χ2v) is 11.4. The number of H-pyrrole nitrogens is 1. The molecule has 38 heavy (non-hydrogen) atoms. The van der Waals surface area contributed by atoms with E-state index in [1.807, 2.05) is 22.9 Å². The lowest BCUT2D eigenvalue weighted by atomic mass is 9.93. The van der Waals surface area contributed by atoms with Crippen LogP contribution in [0.25, 0.3) is 10.9 Å². The van der Waals surface area contributed by atoms with Crippen LogP contribution in [0.2, 0.25) is 0 Å². The third-order valence-electron chi connectivity index (χ3n) is 9.15. The summed E-state index contributed by atoms with van der Waals surface area (Å²) < 4.78 is 13.2. The monoisotopic (exact) mass is 519 g/mol. The van der Waals surface area contributed by atoms with Gasteiger partial charge in [0.05, 0.1) is 11.6 Å². The van der Waals surface area contributed by atoms with E-state index in [-0.39, 0.29) is 24.4 Å². The largest absolute Gasteiger partial charge is 0.454 e. The average Bonchev–Trinajstić information content (AvgIpc) is 3.63. The van der Waals surface area contributed by atoms with Gasteiger partial charge in [-0.2, -0.15) is 0 Å². The molecular weight excluding hydrogens is 482 g/mol. The fourth-order valence-corrected chi connectivity index (χ4v) is 7.09. The zero-order valence-electron chi connectivity index (χ0n) is 22.0. The number of hydrogen-bond acceptors (Lipinski definition) is 8. The summed E-state index contributed by atoms with van der Waals surface area (Å²) in [6, 6.07) is 6.50. The number of nitrogens with zero attached hydrogens (tertiary/aromatic N) is 6. The number of piperazine rings is 1. The molecule has 1 saturated heterocycles. The third-order valence-corrected chi connectivity index (χ3v) is 9.15. The number of fused-ring (bicyclic) bond motifs is 2. The fraction of sp³-hybridized carbons (Fsp3) is 0.643. The number of aromatic amines is 1. The van der Waals surface area contributed by atoms with E-state index in [4.69, 9.17) is 9.47 Å². The molecule has 4 heterocycles. The Hall–Kier alpha value is -2.98. The summed E-state index contributed by atoms with van der Waals surface area (Å²) in [5, 5.41) is 14.1. The van der Waals surface area contributed by atoms with Crippen molar-refractivity contribution >= 4 is 10.9 Å². The first-order valence-corrected chi connectivity index (χ1v) is 14.5. The van der Waals surface area contributed by atoms with E-state index >= 15 is 0 Å². The van der Waals surface area contributed by atoms with Gasteiger partial charge in [0.1, 0.15) is 6.04 Å². The van der Waals surface area contributed by atoms with Crippen LogP contribution in [0.4, 0.5) is 0 Å². The van der Waals surface area contributed by atoms with Gasteiger partial charge < -0.3 is 14.5 Å². The van der Waals surface area contributed by atoms with E-state index in [0.29, 0.717) is 23.1 Å². The highest BCUT2D eigenvalue weighted by molar-refractivity contribution is 5.83. The van der Waals surface area contributed by atoms with Gasteiger partial charge in [-0.05, 0) is 48.2 Å². The van der Waals surface area contributed by atoms with Crippen molar-refractivity contribution in [3.8, 4) is 11.5 Å². The maximum Gasteiger partial charge on any atom is 0.253 e. The highest BCUT2D eigenvalue weighted by Crippen LogP contribution is 2.37. The minimum absolute atomic E-state index is 0.103. The Bertz CT molecular complexity index is 1330. The Labute approximate surface area is 222 Å². The molecule has 3 fully saturated rings. The van der Waals surface area contributed by atoms with Crippen LogP contribution in [0.3, 0.4) is 0 Å². The molecule has 0 spiro atoms. The summed E-state index contributed by atoms with van der Waals surface area (Å²) >= 11 is 0. The Morgan fingerprint density at radius 2 is 1.53 bits per heavy atom. The van der Waals surface area contributed by atoms with Crippen LogP contribution in [-0.4, -0.2) is 74.0 Å². The highest BCUT2D eigenvalue weighted by atomic mass is 16.7. The van der Waals surface area contributed by atoms with Gasteiger partial charge in [0.2, 0.25) is 6.79 Å². The van der Waals surface area contributed by atoms with E-state index in [0.717, 1.165) is 55.7 Å². The van der Waals surface area contributed by atoms with Crippen LogP contribution in [-0.2, 0) is 0 Å². The van der Waals surface area contributed by atoms with E-state index in [2.05, 4.69) is 30.3 Å². The first-order chi connectivity index (χ1) is 18.7. The SMILES string of the molecule is O=c1[nH]c2cc3c(cc2cc1[C@@H](c1nnnn1C1CCCCC1)N1CCN(C2CCCCC2)CC1)OCO3. The molecular formula is C28H37N7O3. The molecule has 0 unspecified atom stereocenters. The summed E-state index contributed by atoms with van der Waals surface area (Å²) in [5.74, 6) is 2.16. The Morgan fingerprint density at radius 3 is 2.26 bits per heavy atom. The van der Waals surface area contributed by atoms with Crippen LogP contribution < -0.4 is 15.0 Å². The first kappa shape index (κ1) is 24.1. The minimum Gasteiger partial charge on any atom is -0.454 e. The number of hydrogen-bond donors (Lipinski definition) is 1. The molecule has 0 bridgehead atoms. The molecule has 1 N–H and O–H groups in total. The number of nitrogens with one attached hydrogen (secondary N) is 1. The predicted octanol–water partition coefficient (Wildman–Crippen LogP) is 3.79. The number of tetrazole rings is 1. The number of pyridine rings is 1. The normalized spacial score (nSPS) is 22.7. The van der Waals surface area contributed by atoms with Crippen molar-refractivity contribution in [2.24, 2.45) is 0 Å². The van der Waals surface area contributed by atoms with Crippen molar-refractivity contribution in [3.63, 3.8) is 0 Å². The molecule has 10 nitrogen and oxygen atoms in total. The maximum atomic E-state index is 13.7. The van der Waals surface area contributed by atoms with Gasteiger partial charge in [0.25, 0.3) is 5.56 Å². The van der Waals surface area contributed by atoms with Gasteiger partial charge in [-0.1, -0.05) is 38.5 Å².